The van der Waals surface area contributed by atoms with E-state index in [-0.39, 0.29) is 12.6 Å². The monoisotopic (exact) mass is 221 g/mol. The fourth-order valence-electron chi connectivity index (χ4n) is 1.33. The smallest absolute Gasteiger partial charge is 0.237 e. The summed E-state index contributed by atoms with van der Waals surface area (Å²) in [6.45, 7) is 4.00. The predicted octanol–water partition coefficient (Wildman–Crippen LogP) is 0.594. The molecule has 0 spiro atoms. The molecule has 0 fully saturated rings. The Hall–Kier alpha value is -1.91. The molecule has 0 saturated carbocycles. The van der Waals surface area contributed by atoms with Crippen molar-refractivity contribution in [3.8, 4) is 0 Å². The molecule has 0 aliphatic heterocycles. The molecule has 0 atom stereocenters. The van der Waals surface area contributed by atoms with E-state index in [1.165, 1.54) is 6.20 Å². The average Bonchev–Trinajstić information content (AvgIpc) is 2.25. The molecule has 0 aliphatic rings. The second-order valence-corrected chi connectivity index (χ2v) is 3.76. The fourth-order valence-corrected chi connectivity index (χ4v) is 1.33. The van der Waals surface area contributed by atoms with Crippen molar-refractivity contribution < 1.29 is 9.59 Å². The number of hydrogen-bond acceptors (Lipinski definition) is 4. The Morgan fingerprint density at radius 2 is 2.25 bits per heavy atom. The molecule has 86 valence electrons. The highest BCUT2D eigenvalue weighted by Crippen LogP contribution is 2.13. The van der Waals surface area contributed by atoms with E-state index in [4.69, 9.17) is 5.73 Å². The summed E-state index contributed by atoms with van der Waals surface area (Å²) in [5, 5.41) is 0. The highest BCUT2D eigenvalue weighted by Gasteiger charge is 2.13. The second-order valence-electron chi connectivity index (χ2n) is 3.76. The summed E-state index contributed by atoms with van der Waals surface area (Å²) < 4.78 is 0. The molecular formula is C11H15N3O2. The number of pyridine rings is 1. The van der Waals surface area contributed by atoms with Gasteiger partial charge in [0.2, 0.25) is 5.91 Å². The normalized spacial score (nSPS) is 10.2. The van der Waals surface area contributed by atoms with E-state index < -0.39 is 5.91 Å². The lowest BCUT2D eigenvalue weighted by Crippen LogP contribution is -2.39. The molecule has 0 bridgehead atoms. The fraction of sp³-hybridized carbons (Fsp3) is 0.364. The lowest BCUT2D eigenvalue weighted by Gasteiger charge is -2.26. The molecular weight excluding hydrogens is 206 g/mol. The van der Waals surface area contributed by atoms with Crippen molar-refractivity contribution in [3.05, 3.63) is 23.9 Å². The summed E-state index contributed by atoms with van der Waals surface area (Å²) in [5.74, 6) is 0.231. The summed E-state index contributed by atoms with van der Waals surface area (Å²) in [5.41, 5.74) is 5.67. The third kappa shape index (κ3) is 3.05. The Bertz CT molecular complexity index is 373. The van der Waals surface area contributed by atoms with Gasteiger partial charge in [0.15, 0.2) is 6.29 Å². The Morgan fingerprint density at radius 1 is 1.56 bits per heavy atom. The van der Waals surface area contributed by atoms with Crippen LogP contribution in [0.5, 0.6) is 0 Å². The van der Waals surface area contributed by atoms with Crippen molar-refractivity contribution in [2.75, 3.05) is 11.4 Å². The van der Waals surface area contributed by atoms with Gasteiger partial charge >= 0.3 is 0 Å². The molecule has 0 aliphatic carbocycles. The van der Waals surface area contributed by atoms with Gasteiger partial charge in [0.1, 0.15) is 5.82 Å². The van der Waals surface area contributed by atoms with Crippen LogP contribution < -0.4 is 10.6 Å². The first-order chi connectivity index (χ1) is 7.54. The number of anilines is 1. The molecule has 2 N–H and O–H groups in total. The first-order valence-electron chi connectivity index (χ1n) is 5.00. The number of carbonyl (C=O) groups is 2. The van der Waals surface area contributed by atoms with Crippen molar-refractivity contribution in [2.45, 2.75) is 19.9 Å². The SMILES string of the molecule is CC(C)N(CC(N)=O)c1ccc(C=O)cn1. The third-order valence-electron chi connectivity index (χ3n) is 2.15. The van der Waals surface area contributed by atoms with E-state index in [9.17, 15) is 9.59 Å². The van der Waals surface area contributed by atoms with E-state index in [1.54, 1.807) is 17.0 Å². The van der Waals surface area contributed by atoms with Crippen molar-refractivity contribution in [3.63, 3.8) is 0 Å². The summed E-state index contributed by atoms with van der Waals surface area (Å²) in [6, 6.07) is 3.47. The number of hydrogen-bond donors (Lipinski definition) is 1. The molecule has 0 radical (unpaired) electrons. The van der Waals surface area contributed by atoms with Crippen molar-refractivity contribution in [1.82, 2.24) is 4.98 Å². The molecule has 16 heavy (non-hydrogen) atoms. The van der Waals surface area contributed by atoms with Gasteiger partial charge in [-0.05, 0) is 26.0 Å². The number of primary amides is 1. The minimum atomic E-state index is -0.407. The maximum atomic E-state index is 10.9. The van der Waals surface area contributed by atoms with Gasteiger partial charge in [-0.15, -0.1) is 0 Å². The number of aromatic nitrogens is 1. The largest absolute Gasteiger partial charge is 0.368 e. The van der Waals surface area contributed by atoms with Gasteiger partial charge in [-0.25, -0.2) is 4.98 Å². The number of aldehydes is 1. The third-order valence-corrected chi connectivity index (χ3v) is 2.15. The first-order valence-corrected chi connectivity index (χ1v) is 5.00. The number of carbonyl (C=O) groups excluding carboxylic acids is 2. The lowest BCUT2D eigenvalue weighted by atomic mass is 10.2. The van der Waals surface area contributed by atoms with E-state index in [1.807, 2.05) is 13.8 Å². The number of rotatable bonds is 5. The maximum absolute atomic E-state index is 10.9. The standard InChI is InChI=1S/C11H15N3O2/c1-8(2)14(6-10(12)16)11-4-3-9(7-15)5-13-11/h3-5,7-8H,6H2,1-2H3,(H2,12,16). The van der Waals surface area contributed by atoms with Gasteiger partial charge in [0, 0.05) is 17.8 Å². The van der Waals surface area contributed by atoms with Crippen LogP contribution in [0, 0.1) is 0 Å². The number of amides is 1. The van der Waals surface area contributed by atoms with Crippen LogP contribution in [0.3, 0.4) is 0 Å². The molecule has 0 saturated heterocycles. The van der Waals surface area contributed by atoms with Crippen molar-refractivity contribution in [2.24, 2.45) is 5.73 Å². The van der Waals surface area contributed by atoms with Gasteiger partial charge in [-0.3, -0.25) is 9.59 Å². The molecule has 1 amide bonds. The van der Waals surface area contributed by atoms with Gasteiger partial charge < -0.3 is 10.6 Å². The van der Waals surface area contributed by atoms with E-state index in [0.717, 1.165) is 6.29 Å². The zero-order valence-electron chi connectivity index (χ0n) is 9.38. The Balaban J connectivity index is 2.92. The van der Waals surface area contributed by atoms with Crippen LogP contribution in [0.2, 0.25) is 0 Å². The van der Waals surface area contributed by atoms with Crippen LogP contribution in [0.15, 0.2) is 18.3 Å². The summed E-state index contributed by atoms with van der Waals surface area (Å²) in [7, 11) is 0. The van der Waals surface area contributed by atoms with E-state index in [0.29, 0.717) is 11.4 Å². The summed E-state index contributed by atoms with van der Waals surface area (Å²) >= 11 is 0. The molecule has 5 nitrogen and oxygen atoms in total. The topological polar surface area (TPSA) is 76.3 Å². The van der Waals surface area contributed by atoms with Crippen molar-refractivity contribution >= 4 is 18.0 Å². The zero-order valence-corrected chi connectivity index (χ0v) is 9.38. The van der Waals surface area contributed by atoms with Crippen LogP contribution >= 0.6 is 0 Å². The number of nitrogens with zero attached hydrogens (tertiary/aromatic N) is 2. The lowest BCUT2D eigenvalue weighted by molar-refractivity contribution is -0.116. The molecule has 0 unspecified atom stereocenters. The summed E-state index contributed by atoms with van der Waals surface area (Å²) in [6.07, 6.45) is 2.20. The van der Waals surface area contributed by atoms with Crippen LogP contribution in [-0.2, 0) is 4.79 Å². The van der Waals surface area contributed by atoms with E-state index >= 15 is 0 Å². The Labute approximate surface area is 94.3 Å². The average molecular weight is 221 g/mol. The molecule has 1 rings (SSSR count). The molecule has 5 heteroatoms. The minimum Gasteiger partial charge on any atom is -0.368 e. The van der Waals surface area contributed by atoms with Gasteiger partial charge in [-0.2, -0.15) is 0 Å². The second kappa shape index (κ2) is 5.25. The molecule has 1 aromatic rings. The van der Waals surface area contributed by atoms with Gasteiger partial charge in [0.25, 0.3) is 0 Å². The van der Waals surface area contributed by atoms with E-state index in [2.05, 4.69) is 4.98 Å². The molecule has 0 aromatic carbocycles. The van der Waals surface area contributed by atoms with Crippen LogP contribution in [-0.4, -0.2) is 29.8 Å². The first kappa shape index (κ1) is 12.2. The summed E-state index contributed by atoms with van der Waals surface area (Å²) in [4.78, 5) is 27.3. The zero-order chi connectivity index (χ0) is 12.1. The Morgan fingerprint density at radius 3 is 2.62 bits per heavy atom. The molecule has 1 heterocycles. The number of nitrogens with two attached hydrogens (primary N) is 1. The van der Waals surface area contributed by atoms with Gasteiger partial charge in [-0.1, -0.05) is 0 Å². The maximum Gasteiger partial charge on any atom is 0.237 e. The molecule has 1 aromatic heterocycles. The van der Waals surface area contributed by atoms with Gasteiger partial charge in [0.05, 0.1) is 6.54 Å². The quantitative estimate of drug-likeness (QED) is 0.738. The highest BCUT2D eigenvalue weighted by atomic mass is 16.1. The van der Waals surface area contributed by atoms with Crippen molar-refractivity contribution in [1.29, 1.82) is 0 Å². The Kier molecular flexibility index (Phi) is 3.99. The van der Waals surface area contributed by atoms with Crippen LogP contribution in [0.1, 0.15) is 24.2 Å². The predicted molar refractivity (Wildman–Crippen MR) is 61.3 cm³/mol. The van der Waals surface area contributed by atoms with Crippen LogP contribution in [0.4, 0.5) is 5.82 Å². The highest BCUT2D eigenvalue weighted by molar-refractivity contribution is 5.79. The van der Waals surface area contributed by atoms with Crippen LogP contribution in [0.25, 0.3) is 0 Å². The minimum absolute atomic E-state index is 0.113.